The van der Waals surface area contributed by atoms with Crippen molar-refractivity contribution in [2.24, 2.45) is 5.92 Å². The van der Waals surface area contributed by atoms with E-state index in [0.29, 0.717) is 4.57 Å². The SMILES string of the molecule is COC(=O)[C@H](CC(C)C)NP(=O)(OC[C@H]1O[C@@H](n2ccc(N)nc2=O)C(F)(F)[C@@H]1O)Oc1ccccc1. The summed E-state index contributed by atoms with van der Waals surface area (Å²) in [7, 11) is -3.28. The van der Waals surface area contributed by atoms with E-state index in [9.17, 15) is 28.0 Å². The number of rotatable bonds is 11. The highest BCUT2D eigenvalue weighted by Gasteiger charge is 2.60. The number of carbonyl (C=O) groups excluding carboxylic acids is 1. The van der Waals surface area contributed by atoms with Crippen LogP contribution in [-0.4, -0.2) is 58.5 Å². The first-order valence-electron chi connectivity index (χ1n) is 11.3. The molecule has 2 heterocycles. The highest BCUT2D eigenvalue weighted by atomic mass is 31.2. The van der Waals surface area contributed by atoms with Gasteiger partial charge in [0.25, 0.3) is 0 Å². The molecule has 1 aliphatic rings. The van der Waals surface area contributed by atoms with E-state index in [-0.39, 0.29) is 23.9 Å². The predicted octanol–water partition coefficient (Wildman–Crippen LogP) is 2.10. The van der Waals surface area contributed by atoms with Crippen LogP contribution in [0.5, 0.6) is 5.75 Å². The zero-order valence-corrected chi connectivity index (χ0v) is 21.2. The minimum Gasteiger partial charge on any atom is -0.468 e. The van der Waals surface area contributed by atoms with E-state index in [1.807, 2.05) is 13.8 Å². The minimum absolute atomic E-state index is 0.0342. The zero-order valence-electron chi connectivity index (χ0n) is 20.3. The summed E-state index contributed by atoms with van der Waals surface area (Å²) >= 11 is 0. The predicted molar refractivity (Wildman–Crippen MR) is 127 cm³/mol. The van der Waals surface area contributed by atoms with E-state index < -0.39 is 56.4 Å². The molecule has 0 saturated carbocycles. The standard InChI is InChI=1S/C22H29F2N4O8P/c1-13(2)11-15(19(30)33-3)27-37(32,36-14-7-5-4-6-8-14)34-12-16-18(29)22(23,24)20(35-16)28-10-9-17(25)26-21(28)31/h4-10,13,15-16,18,20,29H,11-12H2,1-3H3,(H,27,32)(H2,25,26,31)/t15-,16+,18+,20+,37?/m0/s1. The molecule has 1 aromatic carbocycles. The number of nitrogens with one attached hydrogen (secondary N) is 1. The molecule has 3 rings (SSSR count). The van der Waals surface area contributed by atoms with Crippen molar-refractivity contribution in [1.29, 1.82) is 0 Å². The van der Waals surface area contributed by atoms with E-state index in [0.717, 1.165) is 19.4 Å². The van der Waals surface area contributed by atoms with Gasteiger partial charge in [0.2, 0.25) is 6.23 Å². The Hall–Kier alpha value is -2.90. The first kappa shape index (κ1) is 28.7. The molecule has 0 radical (unpaired) electrons. The number of esters is 1. The third-order valence-electron chi connectivity index (χ3n) is 5.37. The van der Waals surface area contributed by atoms with Gasteiger partial charge in [-0.3, -0.25) is 13.9 Å². The van der Waals surface area contributed by atoms with E-state index in [1.165, 1.54) is 12.1 Å². The van der Waals surface area contributed by atoms with Crippen LogP contribution >= 0.6 is 7.75 Å². The van der Waals surface area contributed by atoms with Crippen LogP contribution in [0, 0.1) is 5.92 Å². The van der Waals surface area contributed by atoms with Gasteiger partial charge in [-0.2, -0.15) is 18.9 Å². The van der Waals surface area contributed by atoms with Crippen LogP contribution in [0.15, 0.2) is 47.4 Å². The van der Waals surface area contributed by atoms with Gasteiger partial charge in [-0.15, -0.1) is 0 Å². The lowest BCUT2D eigenvalue weighted by molar-refractivity contribution is -0.143. The summed E-state index contributed by atoms with van der Waals surface area (Å²) in [6, 6.07) is 7.81. The molecule has 15 heteroatoms. The molecule has 5 atom stereocenters. The first-order chi connectivity index (χ1) is 17.4. The van der Waals surface area contributed by atoms with Gasteiger partial charge < -0.3 is 24.8 Å². The number of nitrogens with zero attached hydrogens (tertiary/aromatic N) is 2. The van der Waals surface area contributed by atoms with Crippen molar-refractivity contribution in [3.05, 3.63) is 53.1 Å². The molecular formula is C22H29F2N4O8P. The highest BCUT2D eigenvalue weighted by molar-refractivity contribution is 7.52. The number of aliphatic hydroxyl groups excluding tert-OH is 1. The van der Waals surface area contributed by atoms with Crippen LogP contribution in [0.2, 0.25) is 0 Å². The molecule has 1 aliphatic heterocycles. The number of carbonyl (C=O) groups is 1. The number of anilines is 1. The Kier molecular flexibility index (Phi) is 9.03. The Balaban J connectivity index is 1.84. The minimum atomic E-state index is -4.43. The summed E-state index contributed by atoms with van der Waals surface area (Å²) in [4.78, 5) is 27.8. The van der Waals surface area contributed by atoms with Crippen LogP contribution in [0.3, 0.4) is 0 Å². The molecular weight excluding hydrogens is 517 g/mol. The lowest BCUT2D eigenvalue weighted by Crippen LogP contribution is -2.42. The van der Waals surface area contributed by atoms with Gasteiger partial charge in [0, 0.05) is 6.20 Å². The molecule has 37 heavy (non-hydrogen) atoms. The van der Waals surface area contributed by atoms with Crippen molar-refractivity contribution in [2.75, 3.05) is 19.5 Å². The Labute approximate surface area is 211 Å². The maximum absolute atomic E-state index is 14.9. The molecule has 0 amide bonds. The fourth-order valence-electron chi connectivity index (χ4n) is 3.60. The van der Waals surface area contributed by atoms with Crippen molar-refractivity contribution in [2.45, 2.75) is 50.7 Å². The van der Waals surface area contributed by atoms with Crippen LogP contribution < -0.4 is 21.0 Å². The Morgan fingerprint density at radius 1 is 1.32 bits per heavy atom. The van der Waals surface area contributed by atoms with E-state index >= 15 is 0 Å². The van der Waals surface area contributed by atoms with Gasteiger partial charge >= 0.3 is 25.3 Å². The normalized spacial score (nSPS) is 23.4. The maximum atomic E-state index is 14.9. The number of halogens is 2. The van der Waals surface area contributed by atoms with E-state index in [4.69, 9.17) is 24.3 Å². The Morgan fingerprint density at radius 3 is 2.59 bits per heavy atom. The summed E-state index contributed by atoms with van der Waals surface area (Å²) in [5.74, 6) is -4.81. The molecule has 1 aromatic heterocycles. The number of nitrogen functional groups attached to an aromatic ring is 1. The van der Waals surface area contributed by atoms with Crippen molar-refractivity contribution in [3.63, 3.8) is 0 Å². The molecule has 204 valence electrons. The van der Waals surface area contributed by atoms with Gasteiger partial charge in [0.05, 0.1) is 13.7 Å². The van der Waals surface area contributed by atoms with Gasteiger partial charge in [0.1, 0.15) is 23.7 Å². The highest BCUT2D eigenvalue weighted by Crippen LogP contribution is 2.48. The van der Waals surface area contributed by atoms with Crippen molar-refractivity contribution < 1.29 is 41.8 Å². The third kappa shape index (κ3) is 6.90. The van der Waals surface area contributed by atoms with E-state index in [1.54, 1.807) is 18.2 Å². The number of hydrogen-bond acceptors (Lipinski definition) is 10. The molecule has 0 bridgehead atoms. The van der Waals surface area contributed by atoms with Crippen LogP contribution in [-0.2, 0) is 23.4 Å². The second-order valence-corrected chi connectivity index (χ2v) is 10.4. The quantitative estimate of drug-likeness (QED) is 0.279. The van der Waals surface area contributed by atoms with Gasteiger partial charge in [-0.1, -0.05) is 32.0 Å². The number of aromatic nitrogens is 2. The van der Waals surface area contributed by atoms with Crippen LogP contribution in [0.4, 0.5) is 14.6 Å². The smallest absolute Gasteiger partial charge is 0.459 e. The first-order valence-corrected chi connectivity index (χ1v) is 12.8. The molecule has 1 fully saturated rings. The molecule has 1 saturated heterocycles. The average molecular weight is 546 g/mol. The largest absolute Gasteiger partial charge is 0.468 e. The number of alkyl halides is 2. The summed E-state index contributed by atoms with van der Waals surface area (Å²) in [5, 5.41) is 12.8. The van der Waals surface area contributed by atoms with Crippen molar-refractivity contribution in [1.82, 2.24) is 14.6 Å². The topological polar surface area (TPSA) is 164 Å². The van der Waals surface area contributed by atoms with Gasteiger partial charge in [0.15, 0.2) is 6.10 Å². The lowest BCUT2D eigenvalue weighted by atomic mass is 10.1. The number of aliphatic hydroxyl groups is 1. The molecule has 12 nitrogen and oxygen atoms in total. The summed E-state index contributed by atoms with van der Waals surface area (Å²) in [6.45, 7) is 2.79. The second kappa shape index (κ2) is 11.7. The third-order valence-corrected chi connectivity index (χ3v) is 6.94. The molecule has 2 aromatic rings. The Morgan fingerprint density at radius 2 is 2.00 bits per heavy atom. The second-order valence-electron chi connectivity index (χ2n) is 8.72. The number of ether oxygens (including phenoxy) is 2. The fourth-order valence-corrected chi connectivity index (χ4v) is 5.11. The lowest BCUT2D eigenvalue weighted by Gasteiger charge is -2.26. The number of para-hydroxylation sites is 1. The molecule has 0 aliphatic carbocycles. The summed E-state index contributed by atoms with van der Waals surface area (Å²) in [6.07, 6.45) is -5.27. The number of nitrogens with two attached hydrogens (primary N) is 1. The fraction of sp³-hybridized carbons (Fsp3) is 0.500. The number of benzene rings is 1. The average Bonchev–Trinajstić information content (AvgIpc) is 3.05. The maximum Gasteiger partial charge on any atom is 0.459 e. The van der Waals surface area contributed by atoms with Gasteiger partial charge in [-0.25, -0.2) is 9.36 Å². The zero-order chi connectivity index (χ0) is 27.4. The van der Waals surface area contributed by atoms with Crippen LogP contribution in [0.25, 0.3) is 0 Å². The molecule has 1 unspecified atom stereocenters. The summed E-state index contributed by atoms with van der Waals surface area (Å²) in [5.41, 5.74) is 4.28. The number of methoxy groups -OCH3 is 1. The summed E-state index contributed by atoms with van der Waals surface area (Å²) < 4.78 is 64.8. The molecule has 0 spiro atoms. The van der Waals surface area contributed by atoms with E-state index in [2.05, 4.69) is 10.1 Å². The monoisotopic (exact) mass is 546 g/mol. The van der Waals surface area contributed by atoms with Crippen LogP contribution in [0.1, 0.15) is 26.5 Å². The Bertz CT molecular complexity index is 1180. The number of hydrogen-bond donors (Lipinski definition) is 3. The van der Waals surface area contributed by atoms with Crippen molar-refractivity contribution in [3.8, 4) is 5.75 Å². The van der Waals surface area contributed by atoms with Crippen molar-refractivity contribution >= 4 is 19.5 Å². The molecule has 4 N–H and O–H groups in total. The van der Waals surface area contributed by atoms with Gasteiger partial charge in [-0.05, 0) is 30.5 Å².